The third-order valence-corrected chi connectivity index (χ3v) is 5.47. The minimum absolute atomic E-state index is 0.0307. The monoisotopic (exact) mass is 443 g/mol. The predicted octanol–water partition coefficient (Wildman–Crippen LogP) is 2.48. The van der Waals surface area contributed by atoms with Crippen molar-refractivity contribution in [2.24, 2.45) is 5.73 Å². The van der Waals surface area contributed by atoms with Crippen molar-refractivity contribution in [1.82, 2.24) is 15.1 Å². The number of carbonyl (C=O) groups is 1. The van der Waals surface area contributed by atoms with Crippen LogP contribution in [0, 0.1) is 20.8 Å². The lowest BCUT2D eigenvalue weighted by Gasteiger charge is -2.14. The molecular formula is C22H26ClN5O3. The standard InChI is InChI=1S/C22H26ClN5O3/c1-13-6-7-28(26-12-20-14(2)27-31-15(20)3)22(30)19(13)9-21(29)25-11-17-8-18(23)5-4-16(17)10-24/h4-8,26H,9-12,24H2,1-3H3,(H,25,29). The highest BCUT2D eigenvalue weighted by Crippen LogP contribution is 2.16. The first-order valence-electron chi connectivity index (χ1n) is 9.91. The maximum atomic E-state index is 12.9. The van der Waals surface area contributed by atoms with Gasteiger partial charge in [0.2, 0.25) is 5.91 Å². The van der Waals surface area contributed by atoms with Gasteiger partial charge in [-0.3, -0.25) is 9.59 Å². The van der Waals surface area contributed by atoms with Crippen molar-refractivity contribution in [3.05, 3.63) is 85.1 Å². The number of nitrogens with two attached hydrogens (primary N) is 1. The number of nitrogens with zero attached hydrogens (tertiary/aromatic N) is 2. The summed E-state index contributed by atoms with van der Waals surface area (Å²) in [7, 11) is 0. The molecule has 2 aromatic heterocycles. The molecule has 0 bridgehead atoms. The van der Waals surface area contributed by atoms with Crippen molar-refractivity contribution in [3.8, 4) is 0 Å². The molecule has 0 saturated carbocycles. The number of carbonyl (C=O) groups excluding carboxylic acids is 1. The zero-order chi connectivity index (χ0) is 22.5. The third kappa shape index (κ3) is 5.34. The largest absolute Gasteiger partial charge is 0.361 e. The number of halogens is 1. The molecule has 0 spiro atoms. The Bertz CT molecular complexity index is 1130. The number of amides is 1. The summed E-state index contributed by atoms with van der Waals surface area (Å²) in [5.41, 5.74) is 13.1. The van der Waals surface area contributed by atoms with Crippen LogP contribution >= 0.6 is 11.6 Å². The van der Waals surface area contributed by atoms with E-state index in [9.17, 15) is 9.59 Å². The lowest BCUT2D eigenvalue weighted by molar-refractivity contribution is -0.120. The van der Waals surface area contributed by atoms with E-state index in [0.717, 1.165) is 27.9 Å². The van der Waals surface area contributed by atoms with Crippen LogP contribution in [0.2, 0.25) is 5.02 Å². The van der Waals surface area contributed by atoms with E-state index in [1.807, 2.05) is 26.8 Å². The fraction of sp³-hybridized carbons (Fsp3) is 0.318. The second kappa shape index (κ2) is 9.80. The molecule has 164 valence electrons. The molecule has 0 aliphatic carbocycles. The fourth-order valence-corrected chi connectivity index (χ4v) is 3.50. The normalized spacial score (nSPS) is 10.9. The van der Waals surface area contributed by atoms with Crippen LogP contribution in [0.25, 0.3) is 0 Å². The maximum Gasteiger partial charge on any atom is 0.272 e. The molecule has 8 nitrogen and oxygen atoms in total. The topological polar surface area (TPSA) is 115 Å². The molecule has 0 atom stereocenters. The van der Waals surface area contributed by atoms with Crippen molar-refractivity contribution in [2.75, 3.05) is 5.43 Å². The molecule has 2 heterocycles. The maximum absolute atomic E-state index is 12.9. The first kappa shape index (κ1) is 22.6. The van der Waals surface area contributed by atoms with E-state index in [2.05, 4.69) is 15.9 Å². The second-order valence-corrected chi connectivity index (χ2v) is 7.80. The van der Waals surface area contributed by atoms with Gasteiger partial charge in [0.1, 0.15) is 5.76 Å². The zero-order valence-electron chi connectivity index (χ0n) is 17.8. The number of aryl methyl sites for hydroxylation is 3. The summed E-state index contributed by atoms with van der Waals surface area (Å²) in [6.45, 7) is 6.49. The molecule has 3 rings (SSSR count). The van der Waals surface area contributed by atoms with Crippen molar-refractivity contribution in [2.45, 2.75) is 46.8 Å². The Hall–Kier alpha value is -3.10. The van der Waals surface area contributed by atoms with Crippen molar-refractivity contribution in [1.29, 1.82) is 0 Å². The lowest BCUT2D eigenvalue weighted by atomic mass is 10.1. The minimum Gasteiger partial charge on any atom is -0.361 e. The van der Waals surface area contributed by atoms with Gasteiger partial charge in [0, 0.05) is 35.4 Å². The molecule has 0 aliphatic rings. The molecule has 0 unspecified atom stereocenters. The molecule has 9 heteroatoms. The number of rotatable bonds is 8. The Kier molecular flexibility index (Phi) is 7.14. The third-order valence-electron chi connectivity index (χ3n) is 5.24. The van der Waals surface area contributed by atoms with Crippen LogP contribution in [0.15, 0.2) is 39.8 Å². The van der Waals surface area contributed by atoms with Crippen LogP contribution in [0.3, 0.4) is 0 Å². The molecular weight excluding hydrogens is 418 g/mol. The van der Waals surface area contributed by atoms with Gasteiger partial charge in [0.25, 0.3) is 5.56 Å². The predicted molar refractivity (Wildman–Crippen MR) is 119 cm³/mol. The number of aromatic nitrogens is 2. The summed E-state index contributed by atoms with van der Waals surface area (Å²) in [5.74, 6) is 0.439. The summed E-state index contributed by atoms with van der Waals surface area (Å²) >= 11 is 6.05. The van der Waals surface area contributed by atoms with Crippen LogP contribution in [0.5, 0.6) is 0 Å². The highest BCUT2D eigenvalue weighted by atomic mass is 35.5. The minimum atomic E-state index is -0.271. The molecule has 0 fully saturated rings. The van der Waals surface area contributed by atoms with Gasteiger partial charge in [-0.25, -0.2) is 4.68 Å². The number of hydrogen-bond acceptors (Lipinski definition) is 6. The summed E-state index contributed by atoms with van der Waals surface area (Å²) < 4.78 is 6.53. The molecule has 4 N–H and O–H groups in total. The summed E-state index contributed by atoms with van der Waals surface area (Å²) in [6, 6.07) is 7.19. The Morgan fingerprint density at radius 1 is 1.16 bits per heavy atom. The quantitative estimate of drug-likeness (QED) is 0.492. The van der Waals surface area contributed by atoms with E-state index in [1.165, 1.54) is 4.68 Å². The van der Waals surface area contributed by atoms with E-state index in [4.69, 9.17) is 21.9 Å². The number of benzene rings is 1. The Balaban J connectivity index is 1.70. The van der Waals surface area contributed by atoms with Gasteiger partial charge >= 0.3 is 0 Å². The summed E-state index contributed by atoms with van der Waals surface area (Å²) in [6.07, 6.45) is 1.62. The van der Waals surface area contributed by atoms with Gasteiger partial charge in [0.15, 0.2) is 0 Å². The van der Waals surface area contributed by atoms with Crippen LogP contribution < -0.4 is 22.0 Å². The molecule has 0 saturated heterocycles. The second-order valence-electron chi connectivity index (χ2n) is 7.36. The van der Waals surface area contributed by atoms with E-state index < -0.39 is 0 Å². The first-order valence-corrected chi connectivity index (χ1v) is 10.3. The van der Waals surface area contributed by atoms with Crippen LogP contribution in [-0.2, 0) is 30.8 Å². The van der Waals surface area contributed by atoms with E-state index in [1.54, 1.807) is 24.4 Å². The lowest BCUT2D eigenvalue weighted by Crippen LogP contribution is -2.34. The van der Waals surface area contributed by atoms with Crippen molar-refractivity contribution < 1.29 is 9.32 Å². The Morgan fingerprint density at radius 2 is 1.94 bits per heavy atom. The van der Waals surface area contributed by atoms with Crippen molar-refractivity contribution in [3.63, 3.8) is 0 Å². The van der Waals surface area contributed by atoms with Gasteiger partial charge in [0.05, 0.1) is 18.7 Å². The van der Waals surface area contributed by atoms with Crippen molar-refractivity contribution >= 4 is 17.5 Å². The van der Waals surface area contributed by atoms with Gasteiger partial charge in [-0.2, -0.15) is 0 Å². The average Bonchev–Trinajstić information content (AvgIpc) is 3.06. The first-order chi connectivity index (χ1) is 14.8. The van der Waals surface area contributed by atoms with Gasteiger partial charge in [-0.05, 0) is 55.7 Å². The molecule has 0 aliphatic heterocycles. The zero-order valence-corrected chi connectivity index (χ0v) is 18.5. The molecule has 0 radical (unpaired) electrons. The summed E-state index contributed by atoms with van der Waals surface area (Å²) in [5, 5.41) is 7.34. The van der Waals surface area contributed by atoms with Crippen LogP contribution in [-0.4, -0.2) is 15.7 Å². The molecule has 31 heavy (non-hydrogen) atoms. The molecule has 3 aromatic rings. The van der Waals surface area contributed by atoms with E-state index in [0.29, 0.717) is 29.4 Å². The highest BCUT2D eigenvalue weighted by Gasteiger charge is 2.14. The highest BCUT2D eigenvalue weighted by molar-refractivity contribution is 6.30. The van der Waals surface area contributed by atoms with E-state index >= 15 is 0 Å². The van der Waals surface area contributed by atoms with Gasteiger partial charge < -0.3 is 21.0 Å². The number of pyridine rings is 1. The fourth-order valence-electron chi connectivity index (χ4n) is 3.30. The number of nitrogens with one attached hydrogen (secondary N) is 2. The van der Waals surface area contributed by atoms with Gasteiger partial charge in [-0.1, -0.05) is 22.8 Å². The Morgan fingerprint density at radius 3 is 2.61 bits per heavy atom. The molecule has 1 amide bonds. The average molecular weight is 444 g/mol. The Labute approximate surface area is 185 Å². The van der Waals surface area contributed by atoms with Crippen LogP contribution in [0.1, 0.15) is 39.3 Å². The van der Waals surface area contributed by atoms with Gasteiger partial charge in [-0.15, -0.1) is 0 Å². The number of hydrogen-bond donors (Lipinski definition) is 3. The van der Waals surface area contributed by atoms with E-state index in [-0.39, 0.29) is 24.4 Å². The molecule has 1 aromatic carbocycles. The van der Waals surface area contributed by atoms with Crippen LogP contribution in [0.4, 0.5) is 0 Å². The summed E-state index contributed by atoms with van der Waals surface area (Å²) in [4.78, 5) is 25.5. The SMILES string of the molecule is Cc1ccn(NCc2c(C)noc2C)c(=O)c1CC(=O)NCc1cc(Cl)ccc1CN. The smallest absolute Gasteiger partial charge is 0.272 e.